The normalized spacial score (nSPS) is 12.3. The molecular formula is C23H21N3O4S2. The number of anilines is 2. The number of aromatic nitrogens is 1. The lowest BCUT2D eigenvalue weighted by Gasteiger charge is -2.18. The van der Waals surface area contributed by atoms with E-state index in [-0.39, 0.29) is 10.8 Å². The van der Waals surface area contributed by atoms with Gasteiger partial charge in [0.25, 0.3) is 15.9 Å². The molecule has 164 valence electrons. The fourth-order valence-corrected chi connectivity index (χ4v) is 4.90. The van der Waals surface area contributed by atoms with Crippen LogP contribution in [0.15, 0.2) is 83.2 Å². The van der Waals surface area contributed by atoms with Crippen LogP contribution in [0.3, 0.4) is 0 Å². The second-order valence-corrected chi connectivity index (χ2v) is 9.56. The fraction of sp³-hybridized carbons (Fsp3) is 0.130. The number of thiazole rings is 1. The van der Waals surface area contributed by atoms with E-state index in [4.69, 9.17) is 4.74 Å². The van der Waals surface area contributed by atoms with E-state index in [1.807, 2.05) is 49.4 Å². The zero-order chi connectivity index (χ0) is 22.6. The van der Waals surface area contributed by atoms with Crippen LogP contribution in [-0.2, 0) is 14.8 Å². The van der Waals surface area contributed by atoms with Gasteiger partial charge in [0.1, 0.15) is 5.75 Å². The first-order valence-electron chi connectivity index (χ1n) is 9.93. The lowest BCUT2D eigenvalue weighted by atomic mass is 10.1. The molecule has 0 aliphatic heterocycles. The van der Waals surface area contributed by atoms with Gasteiger partial charge in [-0.3, -0.25) is 9.52 Å². The molecule has 1 atom stereocenters. The summed E-state index contributed by atoms with van der Waals surface area (Å²) in [5.41, 5.74) is 0.476. The number of amides is 1. The molecule has 1 unspecified atom stereocenters. The Balaban J connectivity index is 1.42. The van der Waals surface area contributed by atoms with E-state index in [1.54, 1.807) is 5.38 Å². The number of carbonyl (C=O) groups excluding carboxylic acids is 1. The van der Waals surface area contributed by atoms with Crippen LogP contribution in [0, 0.1) is 0 Å². The zero-order valence-corrected chi connectivity index (χ0v) is 18.8. The Morgan fingerprint density at radius 1 is 1.06 bits per heavy atom. The highest BCUT2D eigenvalue weighted by Gasteiger charge is 2.20. The molecule has 7 nitrogen and oxygen atoms in total. The van der Waals surface area contributed by atoms with E-state index in [1.165, 1.54) is 41.8 Å². The largest absolute Gasteiger partial charge is 0.481 e. The molecule has 4 rings (SSSR count). The Labute approximate surface area is 190 Å². The van der Waals surface area contributed by atoms with Crippen molar-refractivity contribution in [2.24, 2.45) is 0 Å². The van der Waals surface area contributed by atoms with Gasteiger partial charge in [0.05, 0.1) is 4.90 Å². The molecular weight excluding hydrogens is 446 g/mol. The van der Waals surface area contributed by atoms with E-state index in [9.17, 15) is 13.2 Å². The predicted octanol–water partition coefficient (Wildman–Crippen LogP) is 4.89. The smallest absolute Gasteiger partial charge is 0.265 e. The van der Waals surface area contributed by atoms with Crippen LogP contribution in [0.4, 0.5) is 10.8 Å². The van der Waals surface area contributed by atoms with Crippen molar-refractivity contribution in [1.29, 1.82) is 0 Å². The van der Waals surface area contributed by atoms with Crippen molar-refractivity contribution in [2.45, 2.75) is 24.3 Å². The van der Waals surface area contributed by atoms with Crippen LogP contribution < -0.4 is 14.8 Å². The summed E-state index contributed by atoms with van der Waals surface area (Å²) in [6.45, 7) is 1.87. The van der Waals surface area contributed by atoms with Gasteiger partial charge in [0, 0.05) is 17.3 Å². The van der Waals surface area contributed by atoms with Gasteiger partial charge in [-0.05, 0) is 53.6 Å². The molecule has 3 aromatic carbocycles. The van der Waals surface area contributed by atoms with Crippen molar-refractivity contribution in [3.63, 3.8) is 0 Å². The van der Waals surface area contributed by atoms with Gasteiger partial charge < -0.3 is 10.1 Å². The third-order valence-electron chi connectivity index (χ3n) is 4.75. The minimum absolute atomic E-state index is 0.0742. The number of nitrogens with one attached hydrogen (secondary N) is 2. The van der Waals surface area contributed by atoms with Crippen molar-refractivity contribution >= 4 is 48.9 Å². The molecule has 9 heteroatoms. The fourth-order valence-electron chi connectivity index (χ4n) is 3.12. The van der Waals surface area contributed by atoms with Crippen LogP contribution in [0.2, 0.25) is 0 Å². The van der Waals surface area contributed by atoms with Gasteiger partial charge >= 0.3 is 0 Å². The average Bonchev–Trinajstić information content (AvgIpc) is 3.30. The minimum atomic E-state index is -3.75. The summed E-state index contributed by atoms with van der Waals surface area (Å²) in [6, 6.07) is 19.5. The van der Waals surface area contributed by atoms with Gasteiger partial charge in [-0.25, -0.2) is 13.4 Å². The van der Waals surface area contributed by atoms with Crippen LogP contribution in [0.5, 0.6) is 5.75 Å². The molecule has 1 heterocycles. The number of fused-ring (bicyclic) bond motifs is 1. The number of ether oxygens (including phenoxy) is 1. The Morgan fingerprint density at radius 3 is 2.50 bits per heavy atom. The van der Waals surface area contributed by atoms with E-state index in [2.05, 4.69) is 15.0 Å². The average molecular weight is 468 g/mol. The first-order valence-corrected chi connectivity index (χ1v) is 12.3. The molecule has 4 aromatic rings. The van der Waals surface area contributed by atoms with E-state index < -0.39 is 16.1 Å². The SMILES string of the molecule is CCC(Oc1ccc2ccccc2c1)C(=O)Nc1ccc(S(=O)(=O)Nc2nccs2)cc1. The van der Waals surface area contributed by atoms with Gasteiger partial charge in [-0.15, -0.1) is 11.3 Å². The minimum Gasteiger partial charge on any atom is -0.481 e. The molecule has 0 spiro atoms. The van der Waals surface area contributed by atoms with Gasteiger partial charge in [-0.2, -0.15) is 0 Å². The Morgan fingerprint density at radius 2 is 1.81 bits per heavy atom. The first kappa shape index (κ1) is 21.8. The lowest BCUT2D eigenvalue weighted by molar-refractivity contribution is -0.122. The molecule has 0 aliphatic rings. The third-order valence-corrected chi connectivity index (χ3v) is 6.92. The van der Waals surface area contributed by atoms with Gasteiger partial charge in [0.15, 0.2) is 11.2 Å². The Hall–Kier alpha value is -3.43. The molecule has 1 aromatic heterocycles. The lowest BCUT2D eigenvalue weighted by Crippen LogP contribution is -2.32. The Kier molecular flexibility index (Phi) is 6.38. The summed E-state index contributed by atoms with van der Waals surface area (Å²) in [6.07, 6.45) is 1.31. The summed E-state index contributed by atoms with van der Waals surface area (Å²) in [5.74, 6) is 0.303. The monoisotopic (exact) mass is 467 g/mol. The second kappa shape index (κ2) is 9.37. The predicted molar refractivity (Wildman–Crippen MR) is 127 cm³/mol. The standard InChI is InChI=1S/C23H21N3O4S2/c1-2-21(30-19-10-7-16-5-3-4-6-17(16)15-19)22(27)25-18-8-11-20(12-9-18)32(28,29)26-23-24-13-14-31-23/h3-15,21H,2H2,1H3,(H,24,26)(H,25,27). The van der Waals surface area contributed by atoms with Crippen molar-refractivity contribution in [3.8, 4) is 5.75 Å². The number of carbonyl (C=O) groups is 1. The van der Waals surface area contributed by atoms with Crippen molar-refractivity contribution in [3.05, 3.63) is 78.3 Å². The Bertz CT molecular complexity index is 1320. The maximum Gasteiger partial charge on any atom is 0.265 e. The van der Waals surface area contributed by atoms with Gasteiger partial charge in [-0.1, -0.05) is 37.3 Å². The summed E-state index contributed by atoms with van der Waals surface area (Å²) < 4.78 is 33.2. The summed E-state index contributed by atoms with van der Waals surface area (Å²) >= 11 is 1.19. The van der Waals surface area contributed by atoms with Crippen LogP contribution >= 0.6 is 11.3 Å². The third kappa shape index (κ3) is 5.06. The van der Waals surface area contributed by atoms with E-state index in [0.29, 0.717) is 23.0 Å². The van der Waals surface area contributed by atoms with Gasteiger partial charge in [0.2, 0.25) is 0 Å². The molecule has 0 radical (unpaired) electrons. The van der Waals surface area contributed by atoms with Crippen molar-refractivity contribution in [2.75, 3.05) is 10.0 Å². The number of hydrogen-bond acceptors (Lipinski definition) is 6. The highest BCUT2D eigenvalue weighted by atomic mass is 32.2. The highest BCUT2D eigenvalue weighted by molar-refractivity contribution is 7.93. The summed E-state index contributed by atoms with van der Waals surface area (Å²) in [5, 5.41) is 6.88. The van der Waals surface area contributed by atoms with E-state index in [0.717, 1.165) is 10.8 Å². The molecule has 2 N–H and O–H groups in total. The molecule has 1 amide bonds. The molecule has 0 saturated carbocycles. The zero-order valence-electron chi connectivity index (χ0n) is 17.2. The molecule has 32 heavy (non-hydrogen) atoms. The number of benzene rings is 3. The number of hydrogen-bond donors (Lipinski definition) is 2. The number of rotatable bonds is 8. The molecule has 0 aliphatic carbocycles. The maximum atomic E-state index is 12.7. The molecule has 0 fully saturated rings. The van der Waals surface area contributed by atoms with Crippen molar-refractivity contribution < 1.29 is 17.9 Å². The number of nitrogens with zero attached hydrogens (tertiary/aromatic N) is 1. The maximum absolute atomic E-state index is 12.7. The van der Waals surface area contributed by atoms with E-state index >= 15 is 0 Å². The number of sulfonamides is 1. The first-order chi connectivity index (χ1) is 15.4. The van der Waals surface area contributed by atoms with Crippen LogP contribution in [-0.4, -0.2) is 25.4 Å². The quantitative estimate of drug-likeness (QED) is 0.384. The van der Waals surface area contributed by atoms with Crippen molar-refractivity contribution in [1.82, 2.24) is 4.98 Å². The summed E-state index contributed by atoms with van der Waals surface area (Å²) in [4.78, 5) is 16.7. The van der Waals surface area contributed by atoms with Crippen LogP contribution in [0.1, 0.15) is 13.3 Å². The highest BCUT2D eigenvalue weighted by Crippen LogP contribution is 2.23. The second-order valence-electron chi connectivity index (χ2n) is 6.98. The molecule has 0 saturated heterocycles. The van der Waals surface area contributed by atoms with Crippen LogP contribution in [0.25, 0.3) is 10.8 Å². The topological polar surface area (TPSA) is 97.4 Å². The summed E-state index contributed by atoms with van der Waals surface area (Å²) in [7, 11) is -3.75. The molecule has 0 bridgehead atoms.